The summed E-state index contributed by atoms with van der Waals surface area (Å²) in [6.07, 6.45) is 0. The van der Waals surface area contributed by atoms with E-state index in [9.17, 15) is 0 Å². The third-order valence-electron chi connectivity index (χ3n) is 5.87. The van der Waals surface area contributed by atoms with Crippen molar-refractivity contribution in [3.05, 3.63) is 121 Å². The van der Waals surface area contributed by atoms with Crippen molar-refractivity contribution in [2.45, 2.75) is 0 Å². The van der Waals surface area contributed by atoms with Gasteiger partial charge >= 0.3 is 0 Å². The SMILES string of the molecule is c1ccc(Nc2ccccc2-c2ccc3c(c2)oc2ccc(-c4ccccc4)cc23)cc1. The summed E-state index contributed by atoms with van der Waals surface area (Å²) in [6, 6.07) is 42.0. The zero-order valence-electron chi connectivity index (χ0n) is 17.5. The number of rotatable bonds is 4. The van der Waals surface area contributed by atoms with Crippen molar-refractivity contribution in [2.75, 3.05) is 5.32 Å². The Labute approximate surface area is 186 Å². The third-order valence-corrected chi connectivity index (χ3v) is 5.87. The lowest BCUT2D eigenvalue weighted by Crippen LogP contribution is -1.92. The largest absolute Gasteiger partial charge is 0.456 e. The minimum absolute atomic E-state index is 0.900. The van der Waals surface area contributed by atoms with Gasteiger partial charge < -0.3 is 9.73 Å². The fraction of sp³-hybridized carbons (Fsp3) is 0. The van der Waals surface area contributed by atoms with Gasteiger partial charge in [-0.25, -0.2) is 0 Å². The van der Waals surface area contributed by atoms with Crippen LogP contribution in [-0.2, 0) is 0 Å². The predicted molar refractivity (Wildman–Crippen MR) is 134 cm³/mol. The van der Waals surface area contributed by atoms with Gasteiger partial charge in [-0.3, -0.25) is 0 Å². The number of benzene rings is 5. The molecule has 0 bridgehead atoms. The van der Waals surface area contributed by atoms with Gasteiger partial charge in [0.25, 0.3) is 0 Å². The van der Waals surface area contributed by atoms with E-state index in [4.69, 9.17) is 4.42 Å². The molecule has 2 heteroatoms. The lowest BCUT2D eigenvalue weighted by Gasteiger charge is -2.12. The summed E-state index contributed by atoms with van der Waals surface area (Å²) in [5.41, 5.74) is 8.62. The van der Waals surface area contributed by atoms with Crippen LogP contribution < -0.4 is 5.32 Å². The number of hydrogen-bond donors (Lipinski definition) is 1. The summed E-state index contributed by atoms with van der Waals surface area (Å²) >= 11 is 0. The molecule has 0 radical (unpaired) electrons. The van der Waals surface area contributed by atoms with E-state index in [1.807, 2.05) is 24.3 Å². The first kappa shape index (κ1) is 18.5. The van der Waals surface area contributed by atoms with Crippen molar-refractivity contribution >= 4 is 33.3 Å². The number of fused-ring (bicyclic) bond motifs is 3. The van der Waals surface area contributed by atoms with Crippen LogP contribution in [0.15, 0.2) is 126 Å². The fourth-order valence-corrected chi connectivity index (χ4v) is 4.28. The van der Waals surface area contributed by atoms with E-state index >= 15 is 0 Å². The van der Waals surface area contributed by atoms with E-state index in [1.54, 1.807) is 0 Å². The number of para-hydroxylation sites is 2. The summed E-state index contributed by atoms with van der Waals surface area (Å²) in [4.78, 5) is 0. The van der Waals surface area contributed by atoms with Crippen molar-refractivity contribution < 1.29 is 4.42 Å². The van der Waals surface area contributed by atoms with Gasteiger partial charge in [-0.05, 0) is 59.2 Å². The molecule has 0 atom stereocenters. The van der Waals surface area contributed by atoms with Gasteiger partial charge in [0.05, 0.1) is 0 Å². The maximum atomic E-state index is 6.24. The average Bonchev–Trinajstić information content (AvgIpc) is 3.22. The molecule has 32 heavy (non-hydrogen) atoms. The van der Waals surface area contributed by atoms with Gasteiger partial charge in [-0.1, -0.05) is 78.9 Å². The molecule has 0 saturated heterocycles. The molecule has 0 fully saturated rings. The Bertz CT molecular complexity index is 1530. The van der Waals surface area contributed by atoms with E-state index in [1.165, 1.54) is 11.1 Å². The zero-order valence-corrected chi connectivity index (χ0v) is 17.5. The molecule has 5 aromatic carbocycles. The van der Waals surface area contributed by atoms with Crippen molar-refractivity contribution in [1.29, 1.82) is 0 Å². The molecule has 0 spiro atoms. The van der Waals surface area contributed by atoms with Crippen LogP contribution in [-0.4, -0.2) is 0 Å². The molecule has 0 aliphatic carbocycles. The number of anilines is 2. The fourth-order valence-electron chi connectivity index (χ4n) is 4.28. The van der Waals surface area contributed by atoms with Gasteiger partial charge in [-0.2, -0.15) is 0 Å². The lowest BCUT2D eigenvalue weighted by atomic mass is 10.00. The zero-order chi connectivity index (χ0) is 21.3. The highest BCUT2D eigenvalue weighted by Crippen LogP contribution is 2.37. The highest BCUT2D eigenvalue weighted by Gasteiger charge is 2.12. The van der Waals surface area contributed by atoms with Crippen LogP contribution in [0.4, 0.5) is 11.4 Å². The summed E-state index contributed by atoms with van der Waals surface area (Å²) in [5.74, 6) is 0. The number of furan rings is 1. The van der Waals surface area contributed by atoms with Gasteiger partial charge in [0, 0.05) is 27.7 Å². The van der Waals surface area contributed by atoms with Crippen LogP contribution >= 0.6 is 0 Å². The van der Waals surface area contributed by atoms with Crippen LogP contribution in [0, 0.1) is 0 Å². The average molecular weight is 412 g/mol. The molecule has 0 unspecified atom stereocenters. The maximum Gasteiger partial charge on any atom is 0.136 e. The van der Waals surface area contributed by atoms with Gasteiger partial charge in [0.2, 0.25) is 0 Å². The summed E-state index contributed by atoms with van der Waals surface area (Å²) in [5, 5.41) is 5.82. The van der Waals surface area contributed by atoms with Gasteiger partial charge in [0.1, 0.15) is 11.2 Å². The molecule has 6 rings (SSSR count). The van der Waals surface area contributed by atoms with Crippen molar-refractivity contribution in [3.63, 3.8) is 0 Å². The molecular weight excluding hydrogens is 390 g/mol. The van der Waals surface area contributed by atoms with E-state index in [-0.39, 0.29) is 0 Å². The molecule has 1 aromatic heterocycles. The van der Waals surface area contributed by atoms with Crippen LogP contribution in [0.3, 0.4) is 0 Å². The molecule has 152 valence electrons. The Balaban J connectivity index is 1.44. The quantitative estimate of drug-likeness (QED) is 0.314. The first-order valence-corrected chi connectivity index (χ1v) is 10.8. The summed E-state index contributed by atoms with van der Waals surface area (Å²) in [6.45, 7) is 0. The summed E-state index contributed by atoms with van der Waals surface area (Å²) in [7, 11) is 0. The lowest BCUT2D eigenvalue weighted by molar-refractivity contribution is 0.669. The van der Waals surface area contributed by atoms with E-state index in [0.717, 1.165) is 44.4 Å². The van der Waals surface area contributed by atoms with Crippen LogP contribution in [0.1, 0.15) is 0 Å². The smallest absolute Gasteiger partial charge is 0.136 e. The molecule has 0 aliphatic heterocycles. The highest BCUT2D eigenvalue weighted by atomic mass is 16.3. The molecule has 6 aromatic rings. The van der Waals surface area contributed by atoms with E-state index in [0.29, 0.717) is 0 Å². The second-order valence-electron chi connectivity index (χ2n) is 7.93. The van der Waals surface area contributed by atoms with Crippen LogP contribution in [0.25, 0.3) is 44.2 Å². The highest BCUT2D eigenvalue weighted by molar-refractivity contribution is 6.07. The molecular formula is C30H21NO. The Kier molecular flexibility index (Phi) is 4.47. The first-order chi connectivity index (χ1) is 15.8. The Morgan fingerprint density at radius 2 is 1.19 bits per heavy atom. The number of nitrogens with one attached hydrogen (secondary N) is 1. The predicted octanol–water partition coefficient (Wildman–Crippen LogP) is 8.66. The van der Waals surface area contributed by atoms with Crippen LogP contribution in [0.2, 0.25) is 0 Å². The monoisotopic (exact) mass is 411 g/mol. The molecule has 1 heterocycles. The first-order valence-electron chi connectivity index (χ1n) is 10.8. The van der Waals surface area contributed by atoms with Crippen LogP contribution in [0.5, 0.6) is 0 Å². The number of hydrogen-bond acceptors (Lipinski definition) is 2. The van der Waals surface area contributed by atoms with Gasteiger partial charge in [0.15, 0.2) is 0 Å². The normalized spacial score (nSPS) is 11.1. The topological polar surface area (TPSA) is 25.2 Å². The second-order valence-corrected chi connectivity index (χ2v) is 7.93. The Morgan fingerprint density at radius 3 is 2.03 bits per heavy atom. The maximum absolute atomic E-state index is 6.24. The Morgan fingerprint density at radius 1 is 0.469 bits per heavy atom. The molecule has 0 aliphatic rings. The van der Waals surface area contributed by atoms with Crippen molar-refractivity contribution in [2.24, 2.45) is 0 Å². The second kappa shape index (κ2) is 7.75. The minimum Gasteiger partial charge on any atom is -0.456 e. The molecule has 2 nitrogen and oxygen atoms in total. The van der Waals surface area contributed by atoms with Gasteiger partial charge in [-0.15, -0.1) is 0 Å². The molecule has 0 amide bonds. The summed E-state index contributed by atoms with van der Waals surface area (Å²) < 4.78 is 6.24. The van der Waals surface area contributed by atoms with E-state index < -0.39 is 0 Å². The third kappa shape index (κ3) is 3.32. The molecule has 0 saturated carbocycles. The molecule has 1 N–H and O–H groups in total. The minimum atomic E-state index is 0.900. The van der Waals surface area contributed by atoms with E-state index in [2.05, 4.69) is 102 Å². The van der Waals surface area contributed by atoms with Crippen molar-refractivity contribution in [1.82, 2.24) is 0 Å². The Hall–Kier alpha value is -4.30. The van der Waals surface area contributed by atoms with Crippen molar-refractivity contribution in [3.8, 4) is 22.3 Å². The standard InChI is InChI=1S/C30H21NO/c1-3-9-21(10-4-1)22-16-18-29-27(19-22)26-17-15-23(20-30(26)32-29)25-13-7-8-14-28(25)31-24-11-5-2-6-12-24/h1-20,31H.